The van der Waals surface area contributed by atoms with Crippen molar-refractivity contribution in [2.75, 3.05) is 18.8 Å². The van der Waals surface area contributed by atoms with E-state index in [9.17, 15) is 9.18 Å². The van der Waals surface area contributed by atoms with E-state index in [2.05, 4.69) is 4.98 Å². The molecule has 3 aromatic rings. The first kappa shape index (κ1) is 21.1. The Morgan fingerprint density at radius 3 is 2.65 bits per heavy atom. The summed E-state index contributed by atoms with van der Waals surface area (Å²) >= 11 is 6.05. The number of hydrogen-bond acceptors (Lipinski definition) is 5. The Balaban J connectivity index is 1.49. The molecule has 1 atom stereocenters. The van der Waals surface area contributed by atoms with Crippen LogP contribution in [0.1, 0.15) is 22.3 Å². The number of aromatic nitrogens is 1. The number of benzene rings is 2. The molecule has 1 amide bonds. The van der Waals surface area contributed by atoms with E-state index in [1.54, 1.807) is 35.4 Å². The molecule has 0 aliphatic carbocycles. The van der Waals surface area contributed by atoms with Crippen molar-refractivity contribution < 1.29 is 13.9 Å². The van der Waals surface area contributed by atoms with Gasteiger partial charge in [0.15, 0.2) is 11.6 Å². The minimum Gasteiger partial charge on any atom is -0.485 e. The number of pyridine rings is 1. The number of likely N-dealkylation sites (tertiary alicyclic amines) is 1. The van der Waals surface area contributed by atoms with Gasteiger partial charge in [-0.3, -0.25) is 4.79 Å². The molecular weight excluding hydrogens is 419 g/mol. The van der Waals surface area contributed by atoms with Crippen LogP contribution in [0.4, 0.5) is 10.2 Å². The smallest absolute Gasteiger partial charge is 0.253 e. The van der Waals surface area contributed by atoms with Crippen molar-refractivity contribution >= 4 is 23.3 Å². The molecule has 2 heterocycles. The van der Waals surface area contributed by atoms with Crippen molar-refractivity contribution in [2.45, 2.75) is 19.1 Å². The average Bonchev–Trinajstić information content (AvgIpc) is 3.20. The summed E-state index contributed by atoms with van der Waals surface area (Å²) in [4.78, 5) is 18.6. The molecule has 0 spiro atoms. The fourth-order valence-corrected chi connectivity index (χ4v) is 3.70. The molecule has 160 valence electrons. The number of halogens is 2. The van der Waals surface area contributed by atoms with E-state index in [1.807, 2.05) is 12.1 Å². The Morgan fingerprint density at radius 1 is 1.19 bits per heavy atom. The molecule has 4 N–H and O–H groups in total. The Labute approximate surface area is 184 Å². The highest BCUT2D eigenvalue weighted by Crippen LogP contribution is 2.29. The van der Waals surface area contributed by atoms with Crippen molar-refractivity contribution in [3.8, 4) is 16.9 Å². The van der Waals surface area contributed by atoms with Crippen LogP contribution in [0.3, 0.4) is 0 Å². The van der Waals surface area contributed by atoms with Crippen molar-refractivity contribution in [1.29, 1.82) is 0 Å². The lowest BCUT2D eigenvalue weighted by Crippen LogP contribution is -2.31. The van der Waals surface area contributed by atoms with Crippen LogP contribution in [-0.4, -0.2) is 34.9 Å². The monoisotopic (exact) mass is 440 g/mol. The third-order valence-electron chi connectivity index (χ3n) is 5.26. The van der Waals surface area contributed by atoms with Gasteiger partial charge in [0.2, 0.25) is 0 Å². The van der Waals surface area contributed by atoms with Crippen molar-refractivity contribution in [2.24, 2.45) is 5.73 Å². The van der Waals surface area contributed by atoms with Gasteiger partial charge in [-0.2, -0.15) is 0 Å². The van der Waals surface area contributed by atoms with Gasteiger partial charge < -0.3 is 21.1 Å². The van der Waals surface area contributed by atoms with Crippen molar-refractivity contribution in [3.05, 3.63) is 76.7 Å². The zero-order valence-corrected chi connectivity index (χ0v) is 17.5. The van der Waals surface area contributed by atoms with Crippen LogP contribution in [0.5, 0.6) is 5.75 Å². The third-order valence-corrected chi connectivity index (χ3v) is 5.61. The highest BCUT2D eigenvalue weighted by Gasteiger charge is 2.24. The van der Waals surface area contributed by atoms with Gasteiger partial charge in [-0.15, -0.1) is 0 Å². The molecule has 0 radical (unpaired) electrons. The van der Waals surface area contributed by atoms with Crippen molar-refractivity contribution in [3.63, 3.8) is 0 Å². The molecule has 1 saturated heterocycles. The zero-order chi connectivity index (χ0) is 22.0. The van der Waals surface area contributed by atoms with Crippen LogP contribution < -0.4 is 16.2 Å². The van der Waals surface area contributed by atoms with Gasteiger partial charge in [0, 0.05) is 42.0 Å². The predicted molar refractivity (Wildman–Crippen MR) is 118 cm³/mol. The summed E-state index contributed by atoms with van der Waals surface area (Å²) in [6.07, 6.45) is 2.47. The summed E-state index contributed by atoms with van der Waals surface area (Å²) < 4.78 is 19.0. The lowest BCUT2D eigenvalue weighted by atomic mass is 10.0. The van der Waals surface area contributed by atoms with Crippen LogP contribution in [0.2, 0.25) is 5.02 Å². The largest absolute Gasteiger partial charge is 0.485 e. The molecule has 2 aromatic carbocycles. The first-order valence-corrected chi connectivity index (χ1v) is 10.3. The summed E-state index contributed by atoms with van der Waals surface area (Å²) in [6.45, 7) is 1.39. The third kappa shape index (κ3) is 4.78. The topological polar surface area (TPSA) is 94.5 Å². The summed E-state index contributed by atoms with van der Waals surface area (Å²) in [6, 6.07) is 13.2. The van der Waals surface area contributed by atoms with Gasteiger partial charge in [0.25, 0.3) is 5.91 Å². The van der Waals surface area contributed by atoms with Crippen LogP contribution in [0.25, 0.3) is 11.1 Å². The number of nitrogens with two attached hydrogens (primary N) is 2. The molecule has 1 aliphatic heterocycles. The van der Waals surface area contributed by atoms with Gasteiger partial charge in [-0.25, -0.2) is 9.37 Å². The fourth-order valence-electron chi connectivity index (χ4n) is 3.48. The number of ether oxygens (including phenoxy) is 1. The van der Waals surface area contributed by atoms with E-state index < -0.39 is 5.82 Å². The molecule has 8 heteroatoms. The van der Waals surface area contributed by atoms with Crippen molar-refractivity contribution in [1.82, 2.24) is 9.88 Å². The van der Waals surface area contributed by atoms with Gasteiger partial charge >= 0.3 is 0 Å². The molecule has 4 rings (SSSR count). The summed E-state index contributed by atoms with van der Waals surface area (Å²) in [5.41, 5.74) is 14.8. The normalized spacial score (nSPS) is 15.8. The Morgan fingerprint density at radius 2 is 1.97 bits per heavy atom. The predicted octanol–water partition coefficient (Wildman–Crippen LogP) is 3.88. The molecule has 31 heavy (non-hydrogen) atoms. The van der Waals surface area contributed by atoms with Crippen LogP contribution in [-0.2, 0) is 6.61 Å². The lowest BCUT2D eigenvalue weighted by Gasteiger charge is -2.16. The fraction of sp³-hybridized carbons (Fsp3) is 0.217. The highest BCUT2D eigenvalue weighted by atomic mass is 35.5. The van der Waals surface area contributed by atoms with E-state index in [1.165, 1.54) is 12.1 Å². The SMILES string of the molecule is Nc1ncc(-c2ccc(C(=O)N3CC[C@H](N)C3)cc2)cc1OCc1ccc(F)cc1Cl. The van der Waals surface area contributed by atoms with Gasteiger partial charge in [0.05, 0.1) is 5.02 Å². The number of hydrogen-bond donors (Lipinski definition) is 2. The maximum atomic E-state index is 13.2. The lowest BCUT2D eigenvalue weighted by molar-refractivity contribution is 0.0791. The maximum absolute atomic E-state index is 13.2. The number of carbonyl (C=O) groups is 1. The van der Waals surface area contributed by atoms with Crippen LogP contribution in [0.15, 0.2) is 54.7 Å². The second-order valence-electron chi connectivity index (χ2n) is 7.51. The molecule has 0 saturated carbocycles. The quantitative estimate of drug-likeness (QED) is 0.628. The molecule has 6 nitrogen and oxygen atoms in total. The number of rotatable bonds is 5. The van der Waals surface area contributed by atoms with Gasteiger partial charge in [-0.05, 0) is 42.3 Å². The first-order valence-electron chi connectivity index (χ1n) is 9.88. The Hall–Kier alpha value is -3.16. The van der Waals surface area contributed by atoms with E-state index >= 15 is 0 Å². The Bertz CT molecular complexity index is 1110. The summed E-state index contributed by atoms with van der Waals surface area (Å²) in [7, 11) is 0. The summed E-state index contributed by atoms with van der Waals surface area (Å²) in [5, 5.41) is 0.280. The minimum atomic E-state index is -0.411. The molecule has 1 aromatic heterocycles. The number of amides is 1. The summed E-state index contributed by atoms with van der Waals surface area (Å²) in [5.74, 6) is 0.199. The molecule has 0 unspecified atom stereocenters. The number of carbonyl (C=O) groups excluding carboxylic acids is 1. The number of nitrogen functional groups attached to an aromatic ring is 1. The minimum absolute atomic E-state index is 0.0184. The first-order chi connectivity index (χ1) is 14.9. The second-order valence-corrected chi connectivity index (χ2v) is 7.92. The highest BCUT2D eigenvalue weighted by molar-refractivity contribution is 6.31. The van der Waals surface area contributed by atoms with Gasteiger partial charge in [0.1, 0.15) is 12.4 Å². The average molecular weight is 441 g/mol. The van der Waals surface area contributed by atoms with Gasteiger partial charge in [-0.1, -0.05) is 29.8 Å². The van der Waals surface area contributed by atoms with Crippen LogP contribution >= 0.6 is 11.6 Å². The number of nitrogens with zero attached hydrogens (tertiary/aromatic N) is 2. The van der Waals surface area contributed by atoms with E-state index in [4.69, 9.17) is 27.8 Å². The zero-order valence-electron chi connectivity index (χ0n) is 16.7. The molecule has 0 bridgehead atoms. The standard InChI is InChI=1S/C23H22ClFN4O2/c24-20-10-18(25)6-5-16(20)13-31-21-9-17(11-28-22(21)27)14-1-3-15(4-2-14)23(30)29-8-7-19(26)12-29/h1-6,9-11,19H,7-8,12-13,26H2,(H2,27,28)/t19-/m0/s1. The van der Waals surface area contributed by atoms with E-state index in [0.717, 1.165) is 17.5 Å². The molecular formula is C23H22ClFN4O2. The maximum Gasteiger partial charge on any atom is 0.253 e. The van der Waals surface area contributed by atoms with E-state index in [0.29, 0.717) is 30.0 Å². The van der Waals surface area contributed by atoms with Crippen LogP contribution in [0, 0.1) is 5.82 Å². The Kier molecular flexibility index (Phi) is 6.06. The second kappa shape index (κ2) is 8.91. The molecule has 1 aliphatic rings. The number of anilines is 1. The molecule has 1 fully saturated rings. The van der Waals surface area contributed by atoms with E-state index in [-0.39, 0.29) is 29.4 Å².